The molecule has 2 aliphatic rings. The van der Waals surface area contributed by atoms with Crippen LogP contribution in [0.1, 0.15) is 108 Å². The molecule has 2 aromatic heterocycles. The molecule has 3 amide bonds. The lowest BCUT2D eigenvalue weighted by Gasteiger charge is -2.30. The molecule has 4 heterocycles. The van der Waals surface area contributed by atoms with Crippen LogP contribution in [0.4, 0.5) is 4.79 Å². The summed E-state index contributed by atoms with van der Waals surface area (Å²) in [5, 5.41) is 43.9. The highest BCUT2D eigenvalue weighted by Gasteiger charge is 2.37. The summed E-state index contributed by atoms with van der Waals surface area (Å²) < 4.78 is 20.8. The molecule has 0 radical (unpaired) electrons. The van der Waals surface area contributed by atoms with E-state index in [4.69, 9.17) is 19.9 Å². The van der Waals surface area contributed by atoms with Crippen LogP contribution in [0, 0.1) is 11.8 Å². The number of aromatic nitrogens is 6. The van der Waals surface area contributed by atoms with E-state index in [1.165, 1.54) is 0 Å². The number of rotatable bonds is 17. The van der Waals surface area contributed by atoms with E-state index in [-0.39, 0.29) is 25.5 Å². The largest absolute Gasteiger partial charge is 0.481 e. The van der Waals surface area contributed by atoms with Crippen LogP contribution in [0.2, 0.25) is 0 Å². The number of amides is 3. The van der Waals surface area contributed by atoms with Crippen molar-refractivity contribution in [3.8, 4) is 0 Å². The number of aliphatic carboxylic acids is 2. The minimum Gasteiger partial charge on any atom is -0.481 e. The summed E-state index contributed by atoms with van der Waals surface area (Å²) >= 11 is 0. The maximum atomic E-state index is 13.2. The Morgan fingerprint density at radius 3 is 1.48 bits per heavy atom. The van der Waals surface area contributed by atoms with E-state index >= 15 is 0 Å². The molecule has 0 aliphatic carbocycles. The molecule has 7 N–H and O–H groups in total. The molecule has 65 heavy (non-hydrogen) atoms. The van der Waals surface area contributed by atoms with E-state index in [1.54, 1.807) is 48.5 Å². The molecule has 0 saturated heterocycles. The molecular formula is C45H62N10O10. The maximum absolute atomic E-state index is 13.2. The van der Waals surface area contributed by atoms with Crippen molar-refractivity contribution in [3.63, 3.8) is 0 Å². The lowest BCUT2D eigenvalue weighted by atomic mass is 9.98. The molecule has 20 heteroatoms. The number of nitrogens with two attached hydrogens (primary N) is 1. The average Bonchev–Trinajstić information content (AvgIpc) is 3.86. The van der Waals surface area contributed by atoms with Crippen LogP contribution in [-0.4, -0.2) is 99.5 Å². The quantitative estimate of drug-likeness (QED) is 0.0883. The zero-order valence-corrected chi connectivity index (χ0v) is 38.1. The predicted molar refractivity (Wildman–Crippen MR) is 235 cm³/mol. The van der Waals surface area contributed by atoms with Crippen molar-refractivity contribution in [1.29, 1.82) is 0 Å². The Balaban J connectivity index is 0.000000250. The number of carbonyl (C=O) groups excluding carboxylic acids is 3. The molecule has 2 aromatic carbocycles. The third-order valence-corrected chi connectivity index (χ3v) is 10.7. The molecule has 20 nitrogen and oxygen atoms in total. The van der Waals surface area contributed by atoms with Crippen LogP contribution in [0.5, 0.6) is 0 Å². The molecule has 0 fully saturated rings. The number of fused-ring (bicyclic) bond motifs is 2. The van der Waals surface area contributed by atoms with Gasteiger partial charge in [0.15, 0.2) is 11.6 Å². The Morgan fingerprint density at radius 2 is 1.09 bits per heavy atom. The van der Waals surface area contributed by atoms with Crippen molar-refractivity contribution in [1.82, 2.24) is 45.5 Å². The van der Waals surface area contributed by atoms with Gasteiger partial charge in [-0.05, 0) is 72.4 Å². The molecule has 2 unspecified atom stereocenters. The third-order valence-electron chi connectivity index (χ3n) is 10.7. The zero-order chi connectivity index (χ0) is 47.5. The Morgan fingerprint density at radius 1 is 0.677 bits per heavy atom. The Bertz CT molecular complexity index is 2250. The summed E-state index contributed by atoms with van der Waals surface area (Å²) in [4.78, 5) is 60.7. The monoisotopic (exact) mass is 902 g/mol. The standard InChI is InChI=1S/C25H35N5O6.C20H27N5O4/c1-24(2,3)36-23(34)27-25(4,5)22(33)26-18(15-35-14-16-9-7-6-8-10-16)20-29-28-19-13-17(21(31)32)11-12-30(19)20;1-20(2,21)19(28)22-15(12-29-11-13-6-4-3-5-7-13)17-24-23-16-10-14(18(26)27)8-9-25(16)17/h6-10,17-18H,11-15H2,1-5H3,(H,26,33)(H,27,34)(H,31,32);3-7,14-15H,8-12,21H2,1-2H3,(H,22,28)(H,26,27)/t17?,18-;14?,15-/m11/s1. The van der Waals surface area contributed by atoms with Gasteiger partial charge in [-0.1, -0.05) is 60.7 Å². The maximum Gasteiger partial charge on any atom is 0.408 e. The lowest BCUT2D eigenvalue weighted by Crippen LogP contribution is -2.56. The number of carboxylic acid groups (broad SMARTS) is 2. The third kappa shape index (κ3) is 14.4. The predicted octanol–water partition coefficient (Wildman–Crippen LogP) is 3.64. The van der Waals surface area contributed by atoms with Gasteiger partial charge in [-0.25, -0.2) is 4.79 Å². The summed E-state index contributed by atoms with van der Waals surface area (Å²) in [6, 6.07) is 18.1. The SMILES string of the molecule is CC(C)(C)OC(=O)NC(C)(C)C(=O)N[C@H](COCc1ccccc1)c1nnc2n1CCC(C(=O)O)C2.CC(C)(N)C(=O)N[C@H](COCc1ccccc1)c1nnc2n1CCC(C(=O)O)C2. The highest BCUT2D eigenvalue weighted by atomic mass is 16.6. The van der Waals surface area contributed by atoms with Crippen LogP contribution in [0.25, 0.3) is 0 Å². The molecule has 2 aliphatic heterocycles. The minimum atomic E-state index is -1.29. The number of hydrogen-bond donors (Lipinski definition) is 6. The van der Waals surface area contributed by atoms with Crippen molar-refractivity contribution in [3.05, 3.63) is 95.1 Å². The molecule has 4 aromatic rings. The minimum absolute atomic E-state index is 0.101. The molecule has 0 spiro atoms. The van der Waals surface area contributed by atoms with E-state index < -0.39 is 64.5 Å². The van der Waals surface area contributed by atoms with Gasteiger partial charge in [0, 0.05) is 25.9 Å². The molecule has 352 valence electrons. The summed E-state index contributed by atoms with van der Waals surface area (Å²) in [6.07, 6.45) is 0.793. The van der Waals surface area contributed by atoms with Crippen LogP contribution >= 0.6 is 0 Å². The number of nitrogens with one attached hydrogen (secondary N) is 3. The van der Waals surface area contributed by atoms with E-state index in [2.05, 4.69) is 36.3 Å². The molecule has 6 rings (SSSR count). The first-order chi connectivity index (χ1) is 30.6. The Kier molecular flexibility index (Phi) is 16.6. The molecule has 0 bridgehead atoms. The summed E-state index contributed by atoms with van der Waals surface area (Å²) in [5.74, 6) is -1.29. The molecule has 0 saturated carbocycles. The Labute approximate surface area is 378 Å². The van der Waals surface area contributed by atoms with Gasteiger partial charge >= 0.3 is 18.0 Å². The number of benzene rings is 2. The van der Waals surface area contributed by atoms with Gasteiger partial charge in [0.05, 0.1) is 43.8 Å². The van der Waals surface area contributed by atoms with Gasteiger partial charge in [-0.3, -0.25) is 19.2 Å². The van der Waals surface area contributed by atoms with Crippen molar-refractivity contribution in [2.45, 2.75) is 129 Å². The first kappa shape index (κ1) is 49.8. The van der Waals surface area contributed by atoms with Crippen LogP contribution in [0.15, 0.2) is 60.7 Å². The number of alkyl carbamates (subject to hydrolysis) is 1. The molecular weight excluding hydrogens is 841 g/mol. The van der Waals surface area contributed by atoms with Gasteiger partial charge in [0.1, 0.15) is 34.9 Å². The van der Waals surface area contributed by atoms with Gasteiger partial charge in [-0.15, -0.1) is 20.4 Å². The number of ether oxygens (including phenoxy) is 3. The van der Waals surface area contributed by atoms with Gasteiger partial charge in [0.2, 0.25) is 11.8 Å². The molecule has 4 atom stereocenters. The fourth-order valence-electron chi connectivity index (χ4n) is 7.04. The number of carboxylic acids is 2. The highest BCUT2D eigenvalue weighted by molar-refractivity contribution is 5.89. The average molecular weight is 903 g/mol. The van der Waals surface area contributed by atoms with Crippen LogP contribution in [-0.2, 0) is 72.5 Å². The van der Waals surface area contributed by atoms with Crippen LogP contribution in [0.3, 0.4) is 0 Å². The van der Waals surface area contributed by atoms with Crippen molar-refractivity contribution < 1.29 is 48.4 Å². The second-order valence-corrected chi connectivity index (χ2v) is 18.3. The number of carbonyl (C=O) groups is 5. The van der Waals surface area contributed by atoms with Crippen molar-refractivity contribution >= 4 is 29.8 Å². The fraction of sp³-hybridized carbons (Fsp3) is 0.533. The lowest BCUT2D eigenvalue weighted by molar-refractivity contribution is -0.143. The van der Waals surface area contributed by atoms with Crippen LogP contribution < -0.4 is 21.7 Å². The summed E-state index contributed by atoms with van der Waals surface area (Å²) in [7, 11) is 0. The smallest absolute Gasteiger partial charge is 0.408 e. The topological polar surface area (TPSA) is 277 Å². The first-order valence-corrected chi connectivity index (χ1v) is 21.6. The van der Waals surface area contributed by atoms with E-state index in [9.17, 15) is 34.2 Å². The summed E-state index contributed by atoms with van der Waals surface area (Å²) in [6.45, 7) is 13.5. The zero-order valence-electron chi connectivity index (χ0n) is 38.1. The second-order valence-electron chi connectivity index (χ2n) is 18.3. The van der Waals surface area contributed by atoms with E-state index in [1.807, 2.05) is 69.8 Å². The number of nitrogens with zero attached hydrogens (tertiary/aromatic N) is 6. The second kappa shape index (κ2) is 21.6. The Hall–Kier alpha value is -6.25. The van der Waals surface area contributed by atoms with Gasteiger partial charge < -0.3 is 55.2 Å². The van der Waals surface area contributed by atoms with Crippen molar-refractivity contribution in [2.75, 3.05) is 13.2 Å². The van der Waals surface area contributed by atoms with Gasteiger partial charge in [-0.2, -0.15) is 0 Å². The fourth-order valence-corrected chi connectivity index (χ4v) is 7.04. The summed E-state index contributed by atoms with van der Waals surface area (Å²) in [5.41, 5.74) is 4.86. The van der Waals surface area contributed by atoms with Gasteiger partial charge in [0.25, 0.3) is 0 Å². The van der Waals surface area contributed by atoms with E-state index in [0.717, 1.165) is 11.1 Å². The van der Waals surface area contributed by atoms with E-state index in [0.29, 0.717) is 68.9 Å². The normalized spacial score (nSPS) is 16.9. The first-order valence-electron chi connectivity index (χ1n) is 21.6. The van der Waals surface area contributed by atoms with Crippen molar-refractivity contribution in [2.24, 2.45) is 17.6 Å². The number of hydrogen-bond acceptors (Lipinski definition) is 13. The highest BCUT2D eigenvalue weighted by Crippen LogP contribution is 2.26.